The van der Waals surface area contributed by atoms with Gasteiger partial charge >= 0.3 is 0 Å². The number of hydrogen-bond donors (Lipinski definition) is 0. The van der Waals surface area contributed by atoms with Crippen LogP contribution >= 0.6 is 0 Å². The molecule has 2 aromatic rings. The number of piperazine rings is 1. The first-order valence-electron chi connectivity index (χ1n) is 7.27. The maximum Gasteiger partial charge on any atom is 0.0235 e. The van der Waals surface area contributed by atoms with E-state index in [2.05, 4.69) is 59.3 Å². The summed E-state index contributed by atoms with van der Waals surface area (Å²) in [5.41, 5.74) is 3.93. The van der Waals surface area contributed by atoms with E-state index in [0.29, 0.717) is 0 Å². The third-order valence-corrected chi connectivity index (χ3v) is 3.97. The number of benzene rings is 2. The molecule has 2 nitrogen and oxygen atoms in total. The fraction of sp³-hybridized carbons (Fsp3) is 0.333. The van der Waals surface area contributed by atoms with E-state index < -0.39 is 0 Å². The van der Waals surface area contributed by atoms with E-state index in [1.807, 2.05) is 12.1 Å². The van der Waals surface area contributed by atoms with Gasteiger partial charge in [0.25, 0.3) is 0 Å². The van der Waals surface area contributed by atoms with Crippen LogP contribution in [0.25, 0.3) is 11.1 Å². The van der Waals surface area contributed by atoms with Crippen LogP contribution < -0.4 is 0 Å². The van der Waals surface area contributed by atoms with Gasteiger partial charge in [0, 0.05) is 32.7 Å². The quantitative estimate of drug-likeness (QED) is 0.842. The van der Waals surface area contributed by atoms with Crippen LogP contribution in [0.5, 0.6) is 0 Å². The summed E-state index contributed by atoms with van der Waals surface area (Å²) in [5.74, 6) is 0. The van der Waals surface area contributed by atoms with Crippen LogP contribution in [0.1, 0.15) is 5.56 Å². The highest BCUT2D eigenvalue weighted by atomic mass is 15.2. The first-order valence-corrected chi connectivity index (χ1v) is 7.27. The van der Waals surface area contributed by atoms with Crippen molar-refractivity contribution in [1.82, 2.24) is 9.80 Å². The van der Waals surface area contributed by atoms with Gasteiger partial charge in [0.05, 0.1) is 0 Å². The minimum absolute atomic E-state index is 1.05. The summed E-state index contributed by atoms with van der Waals surface area (Å²) in [6.45, 7) is 5.73. The van der Waals surface area contributed by atoms with E-state index in [1.165, 1.54) is 42.9 Å². The summed E-state index contributed by atoms with van der Waals surface area (Å²) < 4.78 is 0. The number of rotatable bonds is 3. The minimum Gasteiger partial charge on any atom is -0.304 e. The van der Waals surface area contributed by atoms with Gasteiger partial charge in [-0.2, -0.15) is 0 Å². The molecule has 0 saturated carbocycles. The van der Waals surface area contributed by atoms with E-state index in [4.69, 9.17) is 0 Å². The zero-order valence-electron chi connectivity index (χ0n) is 12.0. The van der Waals surface area contributed by atoms with Gasteiger partial charge in [-0.25, -0.2) is 0 Å². The lowest BCUT2D eigenvalue weighted by Gasteiger charge is -2.32. The Balaban J connectivity index is 1.72. The van der Waals surface area contributed by atoms with E-state index >= 15 is 0 Å². The summed E-state index contributed by atoms with van der Waals surface area (Å²) >= 11 is 0. The maximum atomic E-state index is 3.15. The van der Waals surface area contributed by atoms with Gasteiger partial charge in [-0.1, -0.05) is 36.4 Å². The van der Waals surface area contributed by atoms with E-state index in [9.17, 15) is 0 Å². The highest BCUT2D eigenvalue weighted by Crippen LogP contribution is 2.20. The molecule has 1 radical (unpaired) electrons. The van der Waals surface area contributed by atoms with Crippen molar-refractivity contribution in [2.24, 2.45) is 0 Å². The van der Waals surface area contributed by atoms with Crippen molar-refractivity contribution in [3.63, 3.8) is 0 Å². The van der Waals surface area contributed by atoms with Crippen LogP contribution in [0.4, 0.5) is 0 Å². The average molecular weight is 265 g/mol. The summed E-state index contributed by atoms with van der Waals surface area (Å²) in [4.78, 5) is 4.93. The Hall–Kier alpha value is -1.64. The third kappa shape index (κ3) is 3.27. The third-order valence-electron chi connectivity index (χ3n) is 3.97. The largest absolute Gasteiger partial charge is 0.304 e. The van der Waals surface area contributed by atoms with Gasteiger partial charge in [0.2, 0.25) is 0 Å². The second-order valence-corrected chi connectivity index (χ2v) is 5.57. The highest BCUT2D eigenvalue weighted by molar-refractivity contribution is 5.63. The van der Waals surface area contributed by atoms with Gasteiger partial charge in [0.15, 0.2) is 0 Å². The number of nitrogens with zero attached hydrogens (tertiary/aromatic N) is 2. The van der Waals surface area contributed by atoms with Gasteiger partial charge < -0.3 is 4.90 Å². The first kappa shape index (κ1) is 13.3. The van der Waals surface area contributed by atoms with Crippen LogP contribution in [-0.2, 0) is 6.54 Å². The fourth-order valence-corrected chi connectivity index (χ4v) is 2.69. The Morgan fingerprint density at radius 1 is 1.00 bits per heavy atom. The molecule has 3 rings (SSSR count). The minimum atomic E-state index is 1.05. The Kier molecular flexibility index (Phi) is 4.14. The van der Waals surface area contributed by atoms with Gasteiger partial charge in [0.1, 0.15) is 0 Å². The average Bonchev–Trinajstić information content (AvgIpc) is 2.51. The fourth-order valence-electron chi connectivity index (χ4n) is 2.69. The zero-order chi connectivity index (χ0) is 13.8. The molecule has 0 spiro atoms. The van der Waals surface area contributed by atoms with Gasteiger partial charge in [-0.05, 0) is 41.9 Å². The van der Waals surface area contributed by atoms with Crippen LogP contribution in [0, 0.1) is 6.07 Å². The molecule has 0 aliphatic carbocycles. The normalized spacial score (nSPS) is 17.2. The summed E-state index contributed by atoms with van der Waals surface area (Å²) in [6.07, 6.45) is 0. The molecule has 0 N–H and O–H groups in total. The standard InChI is InChI=1S/C18H21N2/c1-19-10-12-20(13-11-19)15-16-6-5-9-18(14-16)17-7-3-2-4-8-17/h2-3,5-9,14H,10-13,15H2,1H3. The zero-order valence-corrected chi connectivity index (χ0v) is 12.0. The molecule has 20 heavy (non-hydrogen) atoms. The molecule has 0 aromatic heterocycles. The predicted octanol–water partition coefficient (Wildman–Crippen LogP) is 2.90. The summed E-state index contributed by atoms with van der Waals surface area (Å²) in [7, 11) is 2.20. The lowest BCUT2D eigenvalue weighted by Crippen LogP contribution is -2.43. The van der Waals surface area contributed by atoms with Crippen molar-refractivity contribution in [3.8, 4) is 11.1 Å². The van der Waals surface area contributed by atoms with Crippen molar-refractivity contribution in [1.29, 1.82) is 0 Å². The second-order valence-electron chi connectivity index (χ2n) is 5.57. The molecular formula is C18H21N2. The van der Waals surface area contributed by atoms with Crippen molar-refractivity contribution in [2.45, 2.75) is 6.54 Å². The molecule has 1 saturated heterocycles. The van der Waals surface area contributed by atoms with Crippen LogP contribution in [-0.4, -0.2) is 43.0 Å². The van der Waals surface area contributed by atoms with Gasteiger partial charge in [-0.15, -0.1) is 0 Å². The SMILES string of the molecule is CN1CCN(Cc2cccc(-c3c[c]ccc3)c2)CC1. The molecule has 1 heterocycles. The highest BCUT2D eigenvalue weighted by Gasteiger charge is 2.13. The maximum absolute atomic E-state index is 3.15. The molecule has 0 bridgehead atoms. The number of hydrogen-bond acceptors (Lipinski definition) is 2. The lowest BCUT2D eigenvalue weighted by atomic mass is 10.0. The monoisotopic (exact) mass is 265 g/mol. The Morgan fingerprint density at radius 2 is 1.80 bits per heavy atom. The van der Waals surface area contributed by atoms with Crippen molar-refractivity contribution < 1.29 is 0 Å². The summed E-state index contributed by atoms with van der Waals surface area (Å²) in [6, 6.07) is 20.2. The molecule has 1 aliphatic rings. The Labute approximate surface area is 121 Å². The molecule has 0 unspecified atom stereocenters. The van der Waals surface area contributed by atoms with E-state index in [1.54, 1.807) is 0 Å². The summed E-state index contributed by atoms with van der Waals surface area (Å²) in [5, 5.41) is 0. The molecule has 103 valence electrons. The lowest BCUT2D eigenvalue weighted by molar-refractivity contribution is 0.148. The van der Waals surface area contributed by atoms with Crippen molar-refractivity contribution in [3.05, 3.63) is 60.2 Å². The van der Waals surface area contributed by atoms with Crippen LogP contribution in [0.2, 0.25) is 0 Å². The van der Waals surface area contributed by atoms with Crippen molar-refractivity contribution >= 4 is 0 Å². The molecule has 0 atom stereocenters. The number of likely N-dealkylation sites (N-methyl/N-ethyl adjacent to an activating group) is 1. The predicted molar refractivity (Wildman–Crippen MR) is 83.5 cm³/mol. The topological polar surface area (TPSA) is 6.48 Å². The van der Waals surface area contributed by atoms with E-state index in [0.717, 1.165) is 6.54 Å². The molecule has 1 fully saturated rings. The first-order chi connectivity index (χ1) is 9.81. The Morgan fingerprint density at radius 3 is 2.55 bits per heavy atom. The molecule has 0 amide bonds. The molecular weight excluding hydrogens is 244 g/mol. The molecule has 2 aromatic carbocycles. The van der Waals surface area contributed by atoms with E-state index in [-0.39, 0.29) is 0 Å². The second kappa shape index (κ2) is 6.21. The van der Waals surface area contributed by atoms with Crippen LogP contribution in [0.15, 0.2) is 48.5 Å². The van der Waals surface area contributed by atoms with Gasteiger partial charge in [-0.3, -0.25) is 4.90 Å². The molecule has 2 heteroatoms. The Bertz CT molecular complexity index is 542. The van der Waals surface area contributed by atoms with Crippen molar-refractivity contribution in [2.75, 3.05) is 33.2 Å². The smallest absolute Gasteiger partial charge is 0.0235 e. The molecule has 1 aliphatic heterocycles. The van der Waals surface area contributed by atoms with Crippen LogP contribution in [0.3, 0.4) is 0 Å².